The van der Waals surface area contributed by atoms with Crippen LogP contribution >= 0.6 is 37.2 Å². The Labute approximate surface area is 224 Å². The van der Waals surface area contributed by atoms with Gasteiger partial charge in [0, 0.05) is 63.1 Å². The molecule has 0 atom stereocenters. The first-order valence-corrected chi connectivity index (χ1v) is 10.9. The summed E-state index contributed by atoms with van der Waals surface area (Å²) < 4.78 is 7.58. The van der Waals surface area contributed by atoms with Gasteiger partial charge in [-0.25, -0.2) is 0 Å². The fourth-order valence-corrected chi connectivity index (χ4v) is 3.74. The summed E-state index contributed by atoms with van der Waals surface area (Å²) in [6.45, 7) is 3.38. The molecule has 0 aliphatic rings. The summed E-state index contributed by atoms with van der Waals surface area (Å²) in [6.07, 6.45) is 11.1. The molecule has 4 rings (SSSR count). The molecule has 6 nitrogen and oxygen atoms in total. The zero-order valence-electron chi connectivity index (χ0n) is 19.6. The number of nitrogens with zero attached hydrogens (tertiary/aromatic N) is 4. The molecule has 0 aliphatic carbocycles. The quantitative estimate of drug-likeness (QED) is 0.263. The molecule has 0 fully saturated rings. The Kier molecular flexibility index (Phi) is 13.3. The standard InChI is InChI=1S/C26H28N4O2.3ClH/c1-29-15-10-23-18-24(5-6-25(23)26(29)31)32-17-3-14-30(20-22-7-12-27-13-8-22)16-9-21-4-2-11-28-19-21;;;/h2,4-8,10-13,15,18-19H,3,9,14,16-17,20H2,1H3;3*1H. The summed E-state index contributed by atoms with van der Waals surface area (Å²) >= 11 is 0. The summed E-state index contributed by atoms with van der Waals surface area (Å²) in [6, 6.07) is 15.8. The van der Waals surface area contributed by atoms with Gasteiger partial charge < -0.3 is 9.30 Å². The van der Waals surface area contributed by atoms with E-state index in [1.165, 1.54) is 11.1 Å². The maximum atomic E-state index is 12.2. The molecule has 0 saturated carbocycles. The van der Waals surface area contributed by atoms with Crippen molar-refractivity contribution < 1.29 is 4.74 Å². The molecule has 3 heterocycles. The molecule has 3 aromatic heterocycles. The molecule has 0 unspecified atom stereocenters. The number of fused-ring (bicyclic) bond motifs is 1. The topological polar surface area (TPSA) is 60.2 Å². The molecule has 1 aromatic carbocycles. The maximum Gasteiger partial charge on any atom is 0.258 e. The fraction of sp³-hybridized carbons (Fsp3) is 0.269. The van der Waals surface area contributed by atoms with E-state index < -0.39 is 0 Å². The summed E-state index contributed by atoms with van der Waals surface area (Å²) in [7, 11) is 1.76. The maximum absolute atomic E-state index is 12.2. The molecular weight excluding hydrogens is 507 g/mol. The van der Waals surface area contributed by atoms with Crippen LogP contribution < -0.4 is 10.3 Å². The van der Waals surface area contributed by atoms with Crippen LogP contribution in [0.5, 0.6) is 5.75 Å². The Balaban J connectivity index is 0.00000204. The van der Waals surface area contributed by atoms with E-state index in [1.807, 2.05) is 48.9 Å². The predicted molar refractivity (Wildman–Crippen MR) is 148 cm³/mol. The fourth-order valence-electron chi connectivity index (χ4n) is 3.74. The summed E-state index contributed by atoms with van der Waals surface area (Å²) in [5, 5.41) is 1.61. The van der Waals surface area contributed by atoms with Crippen LogP contribution in [-0.2, 0) is 20.0 Å². The molecule has 0 radical (unpaired) electrons. The molecule has 0 bridgehead atoms. The number of benzene rings is 1. The first-order valence-electron chi connectivity index (χ1n) is 10.9. The second kappa shape index (κ2) is 15.4. The number of halogens is 3. The van der Waals surface area contributed by atoms with Gasteiger partial charge in [0.25, 0.3) is 5.56 Å². The van der Waals surface area contributed by atoms with Gasteiger partial charge in [0.05, 0.1) is 6.61 Å². The highest BCUT2D eigenvalue weighted by atomic mass is 35.5. The molecule has 35 heavy (non-hydrogen) atoms. The Bertz CT molecular complexity index is 1210. The van der Waals surface area contributed by atoms with E-state index in [4.69, 9.17) is 4.74 Å². The third-order valence-corrected chi connectivity index (χ3v) is 5.53. The molecule has 4 aromatic rings. The summed E-state index contributed by atoms with van der Waals surface area (Å²) in [4.78, 5) is 23.0. The monoisotopic (exact) mass is 536 g/mol. The van der Waals surface area contributed by atoms with Crippen molar-refractivity contribution in [3.8, 4) is 5.75 Å². The van der Waals surface area contributed by atoms with Crippen molar-refractivity contribution in [2.75, 3.05) is 19.7 Å². The zero-order valence-corrected chi connectivity index (χ0v) is 22.0. The van der Waals surface area contributed by atoms with E-state index >= 15 is 0 Å². The number of aromatic nitrogens is 3. The first kappa shape index (κ1) is 30.4. The van der Waals surface area contributed by atoms with Gasteiger partial charge in [0.15, 0.2) is 0 Å². The van der Waals surface area contributed by atoms with Crippen molar-refractivity contribution in [3.63, 3.8) is 0 Å². The number of ether oxygens (including phenoxy) is 1. The van der Waals surface area contributed by atoms with Crippen LogP contribution in [0, 0.1) is 0 Å². The van der Waals surface area contributed by atoms with Gasteiger partial charge in [-0.2, -0.15) is 0 Å². The number of hydrogen-bond donors (Lipinski definition) is 0. The lowest BCUT2D eigenvalue weighted by Gasteiger charge is -2.22. The Morgan fingerprint density at radius 1 is 0.914 bits per heavy atom. The lowest BCUT2D eigenvalue weighted by Crippen LogP contribution is -2.28. The van der Waals surface area contributed by atoms with Crippen molar-refractivity contribution in [2.24, 2.45) is 7.05 Å². The van der Waals surface area contributed by atoms with Crippen LogP contribution in [0.2, 0.25) is 0 Å². The predicted octanol–water partition coefficient (Wildman–Crippen LogP) is 5.11. The highest BCUT2D eigenvalue weighted by molar-refractivity contribution is 5.86. The number of rotatable bonds is 10. The average Bonchev–Trinajstić information content (AvgIpc) is 2.84. The Hall–Kier alpha value is -2.64. The first-order chi connectivity index (χ1) is 15.7. The van der Waals surface area contributed by atoms with Crippen LogP contribution in [0.4, 0.5) is 0 Å². The van der Waals surface area contributed by atoms with Crippen molar-refractivity contribution in [2.45, 2.75) is 19.4 Å². The molecule has 9 heteroatoms. The van der Waals surface area contributed by atoms with Crippen LogP contribution in [0.25, 0.3) is 10.8 Å². The average molecular weight is 538 g/mol. The molecule has 0 saturated heterocycles. The molecule has 0 N–H and O–H groups in total. The van der Waals surface area contributed by atoms with Crippen LogP contribution in [0.15, 0.2) is 84.3 Å². The van der Waals surface area contributed by atoms with Gasteiger partial charge in [-0.05, 0) is 71.8 Å². The highest BCUT2D eigenvalue weighted by Gasteiger charge is 2.08. The molecule has 0 aliphatic heterocycles. The highest BCUT2D eigenvalue weighted by Crippen LogP contribution is 2.18. The SMILES string of the molecule is Cl.Cl.Cl.Cn1ccc2cc(OCCCN(CCc3cccnc3)Cc3ccncc3)ccc2c1=O. The van der Waals surface area contributed by atoms with E-state index in [0.717, 1.165) is 43.6 Å². The van der Waals surface area contributed by atoms with Crippen LogP contribution in [0.3, 0.4) is 0 Å². The van der Waals surface area contributed by atoms with Gasteiger partial charge in [-0.3, -0.25) is 19.7 Å². The van der Waals surface area contributed by atoms with Gasteiger partial charge in [-0.1, -0.05) is 6.07 Å². The van der Waals surface area contributed by atoms with E-state index in [9.17, 15) is 4.79 Å². The molecular formula is C26H31Cl3N4O2. The van der Waals surface area contributed by atoms with Crippen molar-refractivity contribution in [1.82, 2.24) is 19.4 Å². The Morgan fingerprint density at radius 2 is 1.71 bits per heavy atom. The van der Waals surface area contributed by atoms with Crippen molar-refractivity contribution in [3.05, 3.63) is 101 Å². The third-order valence-electron chi connectivity index (χ3n) is 5.53. The van der Waals surface area contributed by atoms with E-state index in [2.05, 4.69) is 33.1 Å². The lowest BCUT2D eigenvalue weighted by atomic mass is 10.1. The Morgan fingerprint density at radius 3 is 2.46 bits per heavy atom. The second-order valence-electron chi connectivity index (χ2n) is 7.93. The van der Waals surface area contributed by atoms with Crippen molar-refractivity contribution >= 4 is 48.0 Å². The molecule has 0 spiro atoms. The zero-order chi connectivity index (χ0) is 22.2. The molecule has 0 amide bonds. The minimum absolute atomic E-state index is 0. The van der Waals surface area contributed by atoms with E-state index in [-0.39, 0.29) is 42.8 Å². The summed E-state index contributed by atoms with van der Waals surface area (Å²) in [5.74, 6) is 0.793. The normalized spacial score (nSPS) is 10.2. The summed E-state index contributed by atoms with van der Waals surface area (Å²) in [5.41, 5.74) is 2.50. The molecule has 188 valence electrons. The van der Waals surface area contributed by atoms with Gasteiger partial charge in [0.1, 0.15) is 5.75 Å². The van der Waals surface area contributed by atoms with Gasteiger partial charge in [-0.15, -0.1) is 37.2 Å². The van der Waals surface area contributed by atoms with Gasteiger partial charge >= 0.3 is 0 Å². The smallest absolute Gasteiger partial charge is 0.258 e. The van der Waals surface area contributed by atoms with E-state index in [1.54, 1.807) is 24.0 Å². The number of hydrogen-bond acceptors (Lipinski definition) is 5. The minimum atomic E-state index is 0. The number of aryl methyl sites for hydroxylation is 1. The minimum Gasteiger partial charge on any atom is -0.494 e. The second-order valence-corrected chi connectivity index (χ2v) is 7.93. The lowest BCUT2D eigenvalue weighted by molar-refractivity contribution is 0.230. The van der Waals surface area contributed by atoms with E-state index in [0.29, 0.717) is 12.0 Å². The van der Waals surface area contributed by atoms with Crippen LogP contribution in [-0.4, -0.2) is 39.1 Å². The number of pyridine rings is 3. The van der Waals surface area contributed by atoms with Gasteiger partial charge in [0.2, 0.25) is 0 Å². The van der Waals surface area contributed by atoms with Crippen LogP contribution in [0.1, 0.15) is 17.5 Å². The third kappa shape index (κ3) is 8.82. The largest absolute Gasteiger partial charge is 0.494 e. The van der Waals surface area contributed by atoms with Crippen molar-refractivity contribution in [1.29, 1.82) is 0 Å².